The Balaban J connectivity index is 1.96. The lowest BCUT2D eigenvalue weighted by Gasteiger charge is -2.07. The Bertz CT molecular complexity index is 421. The molecule has 0 aliphatic heterocycles. The summed E-state index contributed by atoms with van der Waals surface area (Å²) in [5.41, 5.74) is 1.000. The summed E-state index contributed by atoms with van der Waals surface area (Å²) in [7, 11) is 1.63. The molecule has 0 heterocycles. The van der Waals surface area contributed by atoms with Gasteiger partial charge in [0.2, 0.25) is 0 Å². The van der Waals surface area contributed by atoms with Crippen LogP contribution < -0.4 is 4.74 Å². The van der Waals surface area contributed by atoms with Gasteiger partial charge in [0.15, 0.2) is 11.5 Å². The first kappa shape index (κ1) is 10.7. The van der Waals surface area contributed by atoms with Crippen molar-refractivity contribution in [2.24, 2.45) is 0 Å². The minimum absolute atomic E-state index is 0.0999. The molecule has 1 aliphatic rings. The lowest BCUT2D eigenvalue weighted by atomic mass is 10.2. The van der Waals surface area contributed by atoms with E-state index in [0.717, 1.165) is 17.7 Å². The molecular formula is C13H14O3. The number of hydrogen-bond acceptors (Lipinski definition) is 3. The van der Waals surface area contributed by atoms with Crippen molar-refractivity contribution in [2.45, 2.75) is 19.4 Å². The van der Waals surface area contributed by atoms with Crippen molar-refractivity contribution in [1.82, 2.24) is 0 Å². The van der Waals surface area contributed by atoms with Crippen molar-refractivity contribution in [3.63, 3.8) is 0 Å². The van der Waals surface area contributed by atoms with Crippen molar-refractivity contribution >= 4 is 5.78 Å². The summed E-state index contributed by atoms with van der Waals surface area (Å²) < 4.78 is 10.6. The first-order valence-corrected chi connectivity index (χ1v) is 5.28. The van der Waals surface area contributed by atoms with Gasteiger partial charge in [-0.25, -0.2) is 0 Å². The van der Waals surface area contributed by atoms with Crippen molar-refractivity contribution in [2.75, 3.05) is 7.11 Å². The first-order chi connectivity index (χ1) is 7.79. The molecule has 0 bridgehead atoms. The van der Waals surface area contributed by atoms with Crippen molar-refractivity contribution in [3.05, 3.63) is 41.7 Å². The SMILES string of the molecule is COc1cccc(COC2=CCCC2=O)c1. The summed E-state index contributed by atoms with van der Waals surface area (Å²) in [6.07, 6.45) is 3.22. The Labute approximate surface area is 94.7 Å². The Hall–Kier alpha value is -1.77. The predicted molar refractivity (Wildman–Crippen MR) is 60.1 cm³/mol. The zero-order valence-electron chi connectivity index (χ0n) is 9.23. The molecule has 2 rings (SSSR count). The fraction of sp³-hybridized carbons (Fsp3) is 0.308. The normalized spacial score (nSPS) is 14.8. The Kier molecular flexibility index (Phi) is 3.25. The van der Waals surface area contributed by atoms with Crippen LogP contribution in [0.15, 0.2) is 36.1 Å². The molecule has 16 heavy (non-hydrogen) atoms. The topological polar surface area (TPSA) is 35.5 Å². The molecular weight excluding hydrogens is 204 g/mol. The van der Waals surface area contributed by atoms with Gasteiger partial charge in [-0.15, -0.1) is 0 Å². The highest BCUT2D eigenvalue weighted by molar-refractivity contribution is 5.95. The maximum Gasteiger partial charge on any atom is 0.197 e. The quantitative estimate of drug-likeness (QED) is 0.778. The number of allylic oxidation sites excluding steroid dienone is 2. The van der Waals surface area contributed by atoms with E-state index in [1.54, 1.807) is 7.11 Å². The van der Waals surface area contributed by atoms with Crippen LogP contribution in [-0.2, 0) is 16.1 Å². The summed E-state index contributed by atoms with van der Waals surface area (Å²) in [6.45, 7) is 0.411. The monoisotopic (exact) mass is 218 g/mol. The van der Waals surface area contributed by atoms with Gasteiger partial charge in [-0.3, -0.25) is 4.79 Å². The minimum atomic E-state index is 0.0999. The number of ketones is 1. The predicted octanol–water partition coefficient (Wildman–Crippen LogP) is 2.46. The summed E-state index contributed by atoms with van der Waals surface area (Å²) in [6, 6.07) is 7.63. The summed E-state index contributed by atoms with van der Waals surface area (Å²) in [5.74, 6) is 1.40. The summed E-state index contributed by atoms with van der Waals surface area (Å²) >= 11 is 0. The van der Waals surface area contributed by atoms with Gasteiger partial charge in [-0.1, -0.05) is 12.1 Å². The average Bonchev–Trinajstić information content (AvgIpc) is 2.72. The third-order valence-electron chi connectivity index (χ3n) is 2.50. The fourth-order valence-electron chi connectivity index (χ4n) is 1.63. The zero-order chi connectivity index (χ0) is 11.4. The third kappa shape index (κ3) is 2.42. The van der Waals surface area contributed by atoms with E-state index in [2.05, 4.69) is 0 Å². The molecule has 3 heteroatoms. The summed E-state index contributed by atoms with van der Waals surface area (Å²) in [4.78, 5) is 11.3. The van der Waals surface area contributed by atoms with Crippen LogP contribution in [0.4, 0.5) is 0 Å². The van der Waals surface area contributed by atoms with E-state index in [4.69, 9.17) is 9.47 Å². The molecule has 0 saturated heterocycles. The number of hydrogen-bond donors (Lipinski definition) is 0. The molecule has 1 aromatic rings. The van der Waals surface area contributed by atoms with Gasteiger partial charge in [0.05, 0.1) is 7.11 Å². The second-order valence-electron chi connectivity index (χ2n) is 3.67. The van der Waals surface area contributed by atoms with Crippen LogP contribution in [0.5, 0.6) is 5.75 Å². The van der Waals surface area contributed by atoms with Crippen molar-refractivity contribution in [3.8, 4) is 5.75 Å². The molecule has 84 valence electrons. The number of methoxy groups -OCH3 is 1. The fourth-order valence-corrected chi connectivity index (χ4v) is 1.63. The van der Waals surface area contributed by atoms with Crippen LogP contribution in [0.25, 0.3) is 0 Å². The number of carbonyl (C=O) groups is 1. The van der Waals surface area contributed by atoms with Gasteiger partial charge < -0.3 is 9.47 Å². The standard InChI is InChI=1S/C13H14O3/c1-15-11-5-2-4-10(8-11)9-16-13-7-3-6-12(13)14/h2,4-5,7-8H,3,6,9H2,1H3. The number of benzene rings is 1. The molecule has 1 aliphatic carbocycles. The number of rotatable bonds is 4. The largest absolute Gasteiger partial charge is 0.497 e. The van der Waals surface area contributed by atoms with E-state index < -0.39 is 0 Å². The van der Waals surface area contributed by atoms with Crippen molar-refractivity contribution < 1.29 is 14.3 Å². The second-order valence-corrected chi connectivity index (χ2v) is 3.67. The molecule has 1 aromatic carbocycles. The van der Waals surface area contributed by atoms with E-state index >= 15 is 0 Å². The van der Waals surface area contributed by atoms with Gasteiger partial charge in [0.25, 0.3) is 0 Å². The highest BCUT2D eigenvalue weighted by Gasteiger charge is 2.16. The van der Waals surface area contributed by atoms with Gasteiger partial charge in [0, 0.05) is 6.42 Å². The molecule has 0 unspecified atom stereocenters. The highest BCUT2D eigenvalue weighted by Crippen LogP contribution is 2.18. The van der Waals surface area contributed by atoms with E-state index in [1.807, 2.05) is 30.3 Å². The molecule has 0 aromatic heterocycles. The Morgan fingerprint density at radius 2 is 2.25 bits per heavy atom. The van der Waals surface area contributed by atoms with Crippen LogP contribution in [0.3, 0.4) is 0 Å². The van der Waals surface area contributed by atoms with Crippen molar-refractivity contribution in [1.29, 1.82) is 0 Å². The highest BCUT2D eigenvalue weighted by atomic mass is 16.5. The maximum atomic E-state index is 11.3. The van der Waals surface area contributed by atoms with E-state index in [-0.39, 0.29) is 5.78 Å². The average molecular weight is 218 g/mol. The molecule has 0 radical (unpaired) electrons. The second kappa shape index (κ2) is 4.84. The number of carbonyl (C=O) groups excluding carboxylic acids is 1. The smallest absolute Gasteiger partial charge is 0.197 e. The molecule has 0 atom stereocenters. The molecule has 0 fully saturated rings. The van der Waals surface area contributed by atoms with E-state index in [1.165, 1.54) is 0 Å². The minimum Gasteiger partial charge on any atom is -0.497 e. The molecule has 0 amide bonds. The van der Waals surface area contributed by atoms with Crippen LogP contribution >= 0.6 is 0 Å². The van der Waals surface area contributed by atoms with E-state index in [0.29, 0.717) is 18.8 Å². The maximum absolute atomic E-state index is 11.3. The lowest BCUT2D eigenvalue weighted by Crippen LogP contribution is -2.01. The number of Topliss-reactive ketones (excluding diaryl/α,β-unsaturated/α-hetero) is 1. The van der Waals surface area contributed by atoms with Gasteiger partial charge >= 0.3 is 0 Å². The van der Waals surface area contributed by atoms with Crippen LogP contribution in [0.1, 0.15) is 18.4 Å². The van der Waals surface area contributed by atoms with Crippen LogP contribution in [0.2, 0.25) is 0 Å². The lowest BCUT2D eigenvalue weighted by molar-refractivity contribution is -0.118. The third-order valence-corrected chi connectivity index (χ3v) is 2.50. The summed E-state index contributed by atoms with van der Waals surface area (Å²) in [5, 5.41) is 0. The Morgan fingerprint density at radius 3 is 2.94 bits per heavy atom. The molecule has 0 saturated carbocycles. The van der Waals surface area contributed by atoms with Gasteiger partial charge in [0.1, 0.15) is 12.4 Å². The van der Waals surface area contributed by atoms with Gasteiger partial charge in [-0.05, 0) is 30.2 Å². The Morgan fingerprint density at radius 1 is 1.38 bits per heavy atom. The number of ether oxygens (including phenoxy) is 2. The van der Waals surface area contributed by atoms with E-state index in [9.17, 15) is 4.79 Å². The first-order valence-electron chi connectivity index (χ1n) is 5.28. The molecule has 0 spiro atoms. The van der Waals surface area contributed by atoms with Crippen LogP contribution in [0, 0.1) is 0 Å². The molecule has 3 nitrogen and oxygen atoms in total. The van der Waals surface area contributed by atoms with Gasteiger partial charge in [-0.2, -0.15) is 0 Å². The zero-order valence-corrected chi connectivity index (χ0v) is 9.23. The van der Waals surface area contributed by atoms with Crippen LogP contribution in [-0.4, -0.2) is 12.9 Å². The molecule has 0 N–H and O–H groups in total.